The Morgan fingerprint density at radius 2 is 2.29 bits per heavy atom. The number of fused-ring (bicyclic) bond motifs is 1. The Morgan fingerprint density at radius 1 is 1.59 bits per heavy atom. The van der Waals surface area contributed by atoms with Crippen LogP contribution in [0.1, 0.15) is 24.3 Å². The first-order chi connectivity index (χ1) is 7.99. The summed E-state index contributed by atoms with van der Waals surface area (Å²) in [5.74, 6) is -0.458. The second kappa shape index (κ2) is 4.33. The highest BCUT2D eigenvalue weighted by atomic mass is 79.9. The lowest BCUT2D eigenvalue weighted by Crippen LogP contribution is -2.15. The molecule has 0 unspecified atom stereocenters. The Hall–Kier alpha value is -1.63. The number of hydrogen-bond donors (Lipinski definition) is 2. The lowest BCUT2D eigenvalue weighted by molar-refractivity contribution is 0.0690. The van der Waals surface area contributed by atoms with Gasteiger partial charge in [-0.15, -0.1) is 0 Å². The van der Waals surface area contributed by atoms with Gasteiger partial charge in [0.15, 0.2) is 11.3 Å². The van der Waals surface area contributed by atoms with Gasteiger partial charge in [-0.1, -0.05) is 0 Å². The summed E-state index contributed by atoms with van der Waals surface area (Å²) in [6.45, 7) is 3.93. The third kappa shape index (κ3) is 2.23. The number of rotatable bonds is 3. The number of nitrogens with one attached hydrogen (secondary N) is 1. The van der Waals surface area contributed by atoms with Crippen molar-refractivity contribution in [2.24, 2.45) is 0 Å². The summed E-state index contributed by atoms with van der Waals surface area (Å²) in [6.07, 6.45) is 1.58. The Morgan fingerprint density at radius 3 is 2.88 bits per heavy atom. The fraction of sp³-hybridized carbons (Fsp3) is 0.300. The van der Waals surface area contributed by atoms with E-state index >= 15 is 0 Å². The van der Waals surface area contributed by atoms with Gasteiger partial charge in [0.2, 0.25) is 0 Å². The number of nitrogens with zero attached hydrogens (tertiary/aromatic N) is 3. The lowest BCUT2D eigenvalue weighted by Gasteiger charge is -2.11. The Labute approximate surface area is 106 Å². The highest BCUT2D eigenvalue weighted by molar-refractivity contribution is 9.10. The molecule has 17 heavy (non-hydrogen) atoms. The number of anilines is 1. The molecule has 2 aromatic rings. The molecule has 0 saturated carbocycles. The van der Waals surface area contributed by atoms with Crippen LogP contribution in [-0.4, -0.2) is 31.7 Å². The fourth-order valence-electron chi connectivity index (χ4n) is 1.44. The van der Waals surface area contributed by atoms with Crippen LogP contribution >= 0.6 is 15.9 Å². The summed E-state index contributed by atoms with van der Waals surface area (Å²) < 4.78 is 2.23. The minimum Gasteiger partial charge on any atom is -0.477 e. The SMILES string of the molecule is CC(C)Nc1cc(C(=O)O)nc2c(Br)cnn12. The van der Waals surface area contributed by atoms with Crippen molar-refractivity contribution in [3.05, 3.63) is 22.4 Å². The van der Waals surface area contributed by atoms with Crippen LogP contribution in [0.2, 0.25) is 0 Å². The summed E-state index contributed by atoms with van der Waals surface area (Å²) >= 11 is 3.28. The minimum absolute atomic E-state index is 0.0122. The summed E-state index contributed by atoms with van der Waals surface area (Å²) in [5.41, 5.74) is 0.468. The van der Waals surface area contributed by atoms with Crippen LogP contribution in [0.3, 0.4) is 0 Å². The molecule has 7 heteroatoms. The zero-order chi connectivity index (χ0) is 12.6. The third-order valence-corrected chi connectivity index (χ3v) is 2.64. The number of aromatic nitrogens is 3. The van der Waals surface area contributed by atoms with Crippen LogP contribution in [0.25, 0.3) is 5.65 Å². The topological polar surface area (TPSA) is 79.5 Å². The van der Waals surface area contributed by atoms with Crippen molar-refractivity contribution in [3.8, 4) is 0 Å². The van der Waals surface area contributed by atoms with Gasteiger partial charge >= 0.3 is 5.97 Å². The zero-order valence-electron chi connectivity index (χ0n) is 9.31. The molecule has 2 N–H and O–H groups in total. The number of carboxylic acids is 1. The number of carboxylic acid groups (broad SMARTS) is 1. The highest BCUT2D eigenvalue weighted by Gasteiger charge is 2.14. The molecule has 0 aliphatic carbocycles. The van der Waals surface area contributed by atoms with Gasteiger partial charge in [0.05, 0.1) is 10.7 Å². The average molecular weight is 299 g/mol. The molecule has 2 aromatic heterocycles. The van der Waals surface area contributed by atoms with Gasteiger partial charge in [0, 0.05) is 12.1 Å². The Bertz CT molecular complexity index is 579. The Balaban J connectivity index is 2.66. The molecular weight excluding hydrogens is 288 g/mol. The third-order valence-electron chi connectivity index (χ3n) is 2.08. The molecule has 0 spiro atoms. The second-order valence-corrected chi connectivity index (χ2v) is 4.71. The highest BCUT2D eigenvalue weighted by Crippen LogP contribution is 2.20. The molecule has 0 saturated heterocycles. The van der Waals surface area contributed by atoms with Gasteiger partial charge in [-0.25, -0.2) is 9.78 Å². The standard InChI is InChI=1S/C10H11BrN4O2/c1-5(2)13-8-3-7(10(16)17)14-9-6(11)4-12-15(8)9/h3-5,13H,1-2H3,(H,16,17). The first kappa shape index (κ1) is 11.8. The van der Waals surface area contributed by atoms with Gasteiger partial charge in [-0.2, -0.15) is 9.61 Å². The summed E-state index contributed by atoms with van der Waals surface area (Å²) in [4.78, 5) is 15.0. The van der Waals surface area contributed by atoms with Crippen molar-refractivity contribution >= 4 is 33.4 Å². The minimum atomic E-state index is -1.06. The second-order valence-electron chi connectivity index (χ2n) is 3.86. The van der Waals surface area contributed by atoms with Gasteiger partial charge in [0.1, 0.15) is 5.82 Å². The average Bonchev–Trinajstić information content (AvgIpc) is 2.60. The molecule has 0 aliphatic heterocycles. The predicted molar refractivity (Wildman–Crippen MR) is 66.4 cm³/mol. The lowest BCUT2D eigenvalue weighted by atomic mass is 10.3. The molecule has 0 radical (unpaired) electrons. The number of carbonyl (C=O) groups is 1. The van der Waals surface area contributed by atoms with Crippen LogP contribution in [-0.2, 0) is 0 Å². The maximum absolute atomic E-state index is 11.0. The summed E-state index contributed by atoms with van der Waals surface area (Å²) in [5, 5.41) is 16.3. The Kier molecular flexibility index (Phi) is 3.01. The van der Waals surface area contributed by atoms with Crippen molar-refractivity contribution in [1.29, 1.82) is 0 Å². The van der Waals surface area contributed by atoms with Gasteiger partial charge in [0.25, 0.3) is 0 Å². The molecule has 0 atom stereocenters. The van der Waals surface area contributed by atoms with E-state index in [0.717, 1.165) is 0 Å². The van der Waals surface area contributed by atoms with Crippen LogP contribution in [0.5, 0.6) is 0 Å². The van der Waals surface area contributed by atoms with E-state index in [9.17, 15) is 4.79 Å². The normalized spacial score (nSPS) is 11.1. The molecule has 2 heterocycles. The van der Waals surface area contributed by atoms with Crippen LogP contribution in [0.4, 0.5) is 5.82 Å². The van der Waals surface area contributed by atoms with E-state index in [1.54, 1.807) is 10.7 Å². The molecule has 0 fully saturated rings. The quantitative estimate of drug-likeness (QED) is 0.906. The van der Waals surface area contributed by atoms with E-state index in [-0.39, 0.29) is 11.7 Å². The summed E-state index contributed by atoms with van der Waals surface area (Å²) in [6, 6.07) is 1.64. The van der Waals surface area contributed by atoms with Crippen molar-refractivity contribution in [2.75, 3.05) is 5.32 Å². The maximum Gasteiger partial charge on any atom is 0.354 e. The van der Waals surface area contributed by atoms with Crippen molar-refractivity contribution in [1.82, 2.24) is 14.6 Å². The first-order valence-electron chi connectivity index (χ1n) is 5.03. The van der Waals surface area contributed by atoms with Gasteiger partial charge < -0.3 is 10.4 Å². The number of hydrogen-bond acceptors (Lipinski definition) is 4. The van der Waals surface area contributed by atoms with Gasteiger partial charge in [-0.3, -0.25) is 0 Å². The van der Waals surface area contributed by atoms with Crippen LogP contribution in [0, 0.1) is 0 Å². The van der Waals surface area contributed by atoms with E-state index in [1.807, 2.05) is 13.8 Å². The first-order valence-corrected chi connectivity index (χ1v) is 5.82. The molecule has 0 amide bonds. The predicted octanol–water partition coefficient (Wildman–Crippen LogP) is 2.01. The molecule has 6 nitrogen and oxygen atoms in total. The van der Waals surface area contributed by atoms with Crippen molar-refractivity contribution in [3.63, 3.8) is 0 Å². The smallest absolute Gasteiger partial charge is 0.354 e. The number of aromatic carboxylic acids is 1. The molecule has 90 valence electrons. The van der Waals surface area contributed by atoms with E-state index < -0.39 is 5.97 Å². The number of halogens is 1. The van der Waals surface area contributed by atoms with E-state index in [1.165, 1.54) is 6.07 Å². The maximum atomic E-state index is 11.0. The van der Waals surface area contributed by atoms with Crippen LogP contribution in [0.15, 0.2) is 16.7 Å². The monoisotopic (exact) mass is 298 g/mol. The fourth-order valence-corrected chi connectivity index (χ4v) is 1.79. The molecule has 0 aliphatic rings. The summed E-state index contributed by atoms with van der Waals surface area (Å²) in [7, 11) is 0. The molecular formula is C10H11BrN4O2. The molecule has 2 rings (SSSR count). The van der Waals surface area contributed by atoms with Crippen LogP contribution < -0.4 is 5.32 Å². The van der Waals surface area contributed by atoms with E-state index in [4.69, 9.17) is 5.11 Å². The molecule has 0 bridgehead atoms. The van der Waals surface area contributed by atoms with E-state index in [2.05, 4.69) is 31.3 Å². The zero-order valence-corrected chi connectivity index (χ0v) is 10.9. The molecule has 0 aromatic carbocycles. The van der Waals surface area contributed by atoms with Crippen molar-refractivity contribution in [2.45, 2.75) is 19.9 Å². The van der Waals surface area contributed by atoms with E-state index in [0.29, 0.717) is 15.9 Å². The largest absolute Gasteiger partial charge is 0.477 e. The van der Waals surface area contributed by atoms with Crippen molar-refractivity contribution < 1.29 is 9.90 Å². The van der Waals surface area contributed by atoms with Gasteiger partial charge in [-0.05, 0) is 29.8 Å².